The van der Waals surface area contributed by atoms with Crippen LogP contribution in [-0.4, -0.2) is 58.2 Å². The summed E-state index contributed by atoms with van der Waals surface area (Å²) in [4.78, 5) is 36.9. The van der Waals surface area contributed by atoms with Gasteiger partial charge in [0.25, 0.3) is 11.1 Å². The average Bonchev–Trinajstić information content (AvgIpc) is 3.14. The van der Waals surface area contributed by atoms with Crippen molar-refractivity contribution < 1.29 is 14.0 Å². The second-order valence-corrected chi connectivity index (χ2v) is 9.46. The lowest BCUT2D eigenvalue weighted by Gasteiger charge is -2.40. The van der Waals surface area contributed by atoms with Crippen molar-refractivity contribution in [3.05, 3.63) is 59.0 Å². The van der Waals surface area contributed by atoms with Crippen LogP contribution in [-0.2, 0) is 4.79 Å². The Labute approximate surface area is 201 Å². The molecule has 3 aromatic rings. The number of carbonyl (C=O) groups excluding carboxylic acids is 2. The van der Waals surface area contributed by atoms with Gasteiger partial charge in [0.2, 0.25) is 0 Å². The van der Waals surface area contributed by atoms with E-state index in [0.717, 1.165) is 48.9 Å². The van der Waals surface area contributed by atoms with Gasteiger partial charge in [-0.05, 0) is 61.1 Å². The van der Waals surface area contributed by atoms with E-state index >= 15 is 4.39 Å². The van der Waals surface area contributed by atoms with Crippen molar-refractivity contribution in [3.63, 3.8) is 0 Å². The van der Waals surface area contributed by atoms with Crippen molar-refractivity contribution >= 4 is 45.6 Å². The molecule has 0 spiro atoms. The lowest BCUT2D eigenvalue weighted by Crippen LogP contribution is -2.51. The Kier molecular flexibility index (Phi) is 6.05. The highest BCUT2D eigenvalue weighted by Gasteiger charge is 2.26. The fourth-order valence-electron chi connectivity index (χ4n) is 4.56. The third-order valence-electron chi connectivity index (χ3n) is 6.33. The van der Waals surface area contributed by atoms with E-state index < -0.39 is 5.91 Å². The number of halogens is 1. The molecule has 0 radical (unpaired) electrons. The van der Waals surface area contributed by atoms with E-state index in [4.69, 9.17) is 0 Å². The molecule has 1 atom stereocenters. The molecule has 1 aromatic heterocycles. The Morgan fingerprint density at radius 3 is 2.74 bits per heavy atom. The van der Waals surface area contributed by atoms with Crippen molar-refractivity contribution in [1.82, 2.24) is 20.2 Å². The van der Waals surface area contributed by atoms with Crippen LogP contribution in [0.15, 0.2) is 47.6 Å². The number of aromatic nitrogens is 2. The molecule has 2 amide bonds. The third kappa shape index (κ3) is 4.28. The zero-order chi connectivity index (χ0) is 23.8. The maximum absolute atomic E-state index is 15.3. The van der Waals surface area contributed by atoms with Crippen molar-refractivity contribution in [1.29, 1.82) is 0 Å². The van der Waals surface area contributed by atoms with Crippen LogP contribution >= 0.6 is 11.8 Å². The lowest BCUT2D eigenvalue weighted by molar-refractivity contribution is -0.115. The van der Waals surface area contributed by atoms with Crippen LogP contribution in [0.1, 0.15) is 19.4 Å². The van der Waals surface area contributed by atoms with Crippen LogP contribution in [0.4, 0.5) is 14.9 Å². The second-order valence-electron chi connectivity index (χ2n) is 8.44. The van der Waals surface area contributed by atoms with Gasteiger partial charge in [0, 0.05) is 36.6 Å². The Morgan fingerprint density at radius 1 is 1.18 bits per heavy atom. The van der Waals surface area contributed by atoms with E-state index in [1.807, 2.05) is 30.3 Å². The minimum atomic E-state index is -0.411. The number of imide groups is 1. The van der Waals surface area contributed by atoms with E-state index in [-0.39, 0.29) is 11.1 Å². The summed E-state index contributed by atoms with van der Waals surface area (Å²) in [5.41, 5.74) is 3.31. The van der Waals surface area contributed by atoms with Crippen LogP contribution in [0, 0.1) is 5.82 Å². The Morgan fingerprint density at radius 2 is 2.03 bits per heavy atom. The van der Waals surface area contributed by atoms with Gasteiger partial charge in [-0.2, -0.15) is 0 Å². The average molecular weight is 478 g/mol. The van der Waals surface area contributed by atoms with E-state index in [1.54, 1.807) is 6.08 Å². The van der Waals surface area contributed by atoms with E-state index in [2.05, 4.69) is 38.9 Å². The molecular weight excluding hydrogens is 453 g/mol. The first kappa shape index (κ1) is 22.5. The first-order valence-corrected chi connectivity index (χ1v) is 12.0. The van der Waals surface area contributed by atoms with Gasteiger partial charge in [0.1, 0.15) is 12.1 Å². The highest BCUT2D eigenvalue weighted by atomic mass is 32.2. The SMILES string of the molecule is CCN1CCN(c2ccc(-c3ncnc4ccc(C=C5SC(=O)NC5=O)cc34)cc2F)CC1C. The molecule has 2 aliphatic rings. The van der Waals surface area contributed by atoms with Crippen molar-refractivity contribution in [2.45, 2.75) is 19.9 Å². The molecule has 0 aliphatic carbocycles. The molecule has 2 aliphatic heterocycles. The molecule has 2 fully saturated rings. The summed E-state index contributed by atoms with van der Waals surface area (Å²) in [6, 6.07) is 11.1. The van der Waals surface area contributed by atoms with Gasteiger partial charge < -0.3 is 4.90 Å². The summed E-state index contributed by atoms with van der Waals surface area (Å²) in [5.74, 6) is -0.691. The third-order valence-corrected chi connectivity index (χ3v) is 7.14. The number of benzene rings is 2. The summed E-state index contributed by atoms with van der Waals surface area (Å²) in [6.45, 7) is 7.80. The van der Waals surface area contributed by atoms with E-state index in [0.29, 0.717) is 33.4 Å². The highest BCUT2D eigenvalue weighted by Crippen LogP contribution is 2.32. The Balaban J connectivity index is 1.48. The first-order chi connectivity index (χ1) is 16.4. The lowest BCUT2D eigenvalue weighted by atomic mass is 10.0. The molecule has 2 aromatic carbocycles. The first-order valence-electron chi connectivity index (χ1n) is 11.2. The number of nitrogens with zero attached hydrogens (tertiary/aromatic N) is 4. The predicted octanol–water partition coefficient (Wildman–Crippen LogP) is 4.29. The normalized spacial score (nSPS) is 20.4. The number of nitrogens with one attached hydrogen (secondary N) is 1. The number of fused-ring (bicyclic) bond motifs is 1. The number of anilines is 1. The van der Waals surface area contributed by atoms with Crippen molar-refractivity contribution in [2.75, 3.05) is 31.1 Å². The molecule has 5 rings (SSSR count). The molecular formula is C25H24FN5O2S. The highest BCUT2D eigenvalue weighted by molar-refractivity contribution is 8.18. The minimum Gasteiger partial charge on any atom is -0.366 e. The number of piperazine rings is 1. The van der Waals surface area contributed by atoms with Crippen LogP contribution in [0.5, 0.6) is 0 Å². The summed E-state index contributed by atoms with van der Waals surface area (Å²) in [5, 5.41) is 2.61. The molecule has 3 heterocycles. The molecule has 0 saturated carbocycles. The molecule has 9 heteroatoms. The summed E-state index contributed by atoms with van der Waals surface area (Å²) < 4.78 is 15.3. The Hall–Kier alpha value is -3.30. The number of hydrogen-bond donors (Lipinski definition) is 1. The van der Waals surface area contributed by atoms with Gasteiger partial charge in [-0.3, -0.25) is 19.8 Å². The zero-order valence-electron chi connectivity index (χ0n) is 18.9. The molecule has 7 nitrogen and oxygen atoms in total. The maximum Gasteiger partial charge on any atom is 0.290 e. The number of hydrogen-bond acceptors (Lipinski definition) is 7. The predicted molar refractivity (Wildman–Crippen MR) is 133 cm³/mol. The number of thioether (sulfide) groups is 1. The molecule has 2 saturated heterocycles. The minimum absolute atomic E-state index is 0.280. The number of rotatable bonds is 4. The number of carbonyl (C=O) groups is 2. The van der Waals surface area contributed by atoms with Gasteiger partial charge in [-0.15, -0.1) is 0 Å². The van der Waals surface area contributed by atoms with Gasteiger partial charge in [0.05, 0.1) is 21.8 Å². The number of likely N-dealkylation sites (N-methyl/N-ethyl adjacent to an activating group) is 1. The number of amides is 2. The summed E-state index contributed by atoms with van der Waals surface area (Å²) >= 11 is 0.866. The van der Waals surface area contributed by atoms with Gasteiger partial charge >= 0.3 is 0 Å². The summed E-state index contributed by atoms with van der Waals surface area (Å²) in [7, 11) is 0. The van der Waals surface area contributed by atoms with Crippen LogP contribution < -0.4 is 10.2 Å². The molecule has 174 valence electrons. The van der Waals surface area contributed by atoms with E-state index in [9.17, 15) is 9.59 Å². The monoisotopic (exact) mass is 477 g/mol. The maximum atomic E-state index is 15.3. The molecule has 0 bridgehead atoms. The molecule has 1 N–H and O–H groups in total. The quantitative estimate of drug-likeness (QED) is 0.562. The zero-order valence-corrected chi connectivity index (χ0v) is 19.7. The Bertz CT molecular complexity index is 1330. The van der Waals surface area contributed by atoms with Gasteiger partial charge in [0.15, 0.2) is 0 Å². The standard InChI is InChI=1S/C25H24FN5O2S/c1-3-30-8-9-31(13-15(30)2)21-7-5-17(12-19(21)26)23-18-10-16(4-6-20(18)27-14-28-23)11-22-24(32)29-25(33)34-22/h4-7,10-12,14-15H,3,8-9,13H2,1-2H3,(H,29,32,33). The van der Waals surface area contributed by atoms with Crippen LogP contribution in [0.2, 0.25) is 0 Å². The molecule has 34 heavy (non-hydrogen) atoms. The topological polar surface area (TPSA) is 78.4 Å². The van der Waals surface area contributed by atoms with Gasteiger partial charge in [-0.25, -0.2) is 14.4 Å². The summed E-state index contributed by atoms with van der Waals surface area (Å²) in [6.07, 6.45) is 3.12. The van der Waals surface area contributed by atoms with E-state index in [1.165, 1.54) is 12.4 Å². The van der Waals surface area contributed by atoms with Crippen molar-refractivity contribution in [3.8, 4) is 11.3 Å². The van der Waals surface area contributed by atoms with Crippen LogP contribution in [0.3, 0.4) is 0 Å². The second kappa shape index (κ2) is 9.15. The van der Waals surface area contributed by atoms with Crippen LogP contribution in [0.25, 0.3) is 28.2 Å². The fraction of sp³-hybridized carbons (Fsp3) is 0.280. The fourth-order valence-corrected chi connectivity index (χ4v) is 5.24. The largest absolute Gasteiger partial charge is 0.366 e. The smallest absolute Gasteiger partial charge is 0.290 e. The van der Waals surface area contributed by atoms with Crippen molar-refractivity contribution in [2.24, 2.45) is 0 Å². The van der Waals surface area contributed by atoms with Gasteiger partial charge in [-0.1, -0.05) is 19.1 Å². The molecule has 1 unspecified atom stereocenters.